The first-order valence-corrected chi connectivity index (χ1v) is 7.92. The summed E-state index contributed by atoms with van der Waals surface area (Å²) in [6.45, 7) is 5.46. The highest BCUT2D eigenvalue weighted by atomic mass is 15.2. The van der Waals surface area contributed by atoms with Crippen LogP contribution < -0.4 is 0 Å². The smallest absolute Gasteiger partial charge is 0.158 e. The number of aromatic amines is 2. The summed E-state index contributed by atoms with van der Waals surface area (Å²) < 4.78 is 0. The maximum atomic E-state index is 4.58. The summed E-state index contributed by atoms with van der Waals surface area (Å²) in [5.74, 6) is 0.886. The van der Waals surface area contributed by atoms with Crippen LogP contribution in [0.3, 0.4) is 0 Å². The largest absolute Gasteiger partial charge is 0.354 e. The summed E-state index contributed by atoms with van der Waals surface area (Å²) in [4.78, 5) is 18.1. The zero-order valence-corrected chi connectivity index (χ0v) is 12.9. The molecule has 5 nitrogen and oxygen atoms in total. The fourth-order valence-corrected chi connectivity index (χ4v) is 3.16. The van der Waals surface area contributed by atoms with E-state index in [1.54, 1.807) is 0 Å². The molecule has 3 aromatic heterocycles. The highest BCUT2D eigenvalue weighted by Crippen LogP contribution is 2.29. The molecule has 0 spiro atoms. The molecule has 1 aliphatic heterocycles. The Bertz CT molecular complexity index is 1020. The van der Waals surface area contributed by atoms with Crippen molar-refractivity contribution in [1.29, 1.82) is 0 Å². The van der Waals surface area contributed by atoms with Gasteiger partial charge in [-0.05, 0) is 36.8 Å². The van der Waals surface area contributed by atoms with E-state index in [2.05, 4.69) is 49.1 Å². The predicted molar refractivity (Wildman–Crippen MR) is 91.2 cm³/mol. The lowest BCUT2D eigenvalue weighted by atomic mass is 10.1. The molecular formula is C18H17N5. The van der Waals surface area contributed by atoms with E-state index >= 15 is 0 Å². The van der Waals surface area contributed by atoms with Crippen molar-refractivity contribution in [3.63, 3.8) is 0 Å². The second kappa shape index (κ2) is 4.67. The predicted octanol–water partition coefficient (Wildman–Crippen LogP) is 3.23. The molecule has 0 bridgehead atoms. The summed E-state index contributed by atoms with van der Waals surface area (Å²) in [6, 6.07) is 10.9. The van der Waals surface area contributed by atoms with Crippen molar-refractivity contribution < 1.29 is 0 Å². The van der Waals surface area contributed by atoms with Gasteiger partial charge in [0.2, 0.25) is 0 Å². The Morgan fingerprint density at radius 2 is 2.04 bits per heavy atom. The van der Waals surface area contributed by atoms with Crippen molar-refractivity contribution in [2.24, 2.45) is 0 Å². The molecule has 2 N–H and O–H groups in total. The van der Waals surface area contributed by atoms with Crippen molar-refractivity contribution in [1.82, 2.24) is 24.8 Å². The molecule has 1 saturated heterocycles. The Morgan fingerprint density at radius 1 is 1.13 bits per heavy atom. The maximum Gasteiger partial charge on any atom is 0.158 e. The second-order valence-corrected chi connectivity index (χ2v) is 6.26. The molecule has 0 atom stereocenters. The minimum atomic E-state index is 0.834. The molecule has 1 aromatic carbocycles. The molecule has 0 amide bonds. The Kier molecular flexibility index (Phi) is 2.60. The van der Waals surface area contributed by atoms with Crippen LogP contribution in [0.2, 0.25) is 0 Å². The van der Waals surface area contributed by atoms with Crippen LogP contribution in [-0.2, 0) is 6.54 Å². The molecule has 1 aliphatic rings. The van der Waals surface area contributed by atoms with Gasteiger partial charge in [0, 0.05) is 48.0 Å². The molecule has 0 unspecified atom stereocenters. The quantitative estimate of drug-likeness (QED) is 0.571. The van der Waals surface area contributed by atoms with Crippen LogP contribution in [0.4, 0.5) is 0 Å². The highest BCUT2D eigenvalue weighted by molar-refractivity contribution is 5.94. The first kappa shape index (κ1) is 12.8. The van der Waals surface area contributed by atoms with E-state index in [0.29, 0.717) is 0 Å². The van der Waals surface area contributed by atoms with Crippen molar-refractivity contribution >= 4 is 22.1 Å². The van der Waals surface area contributed by atoms with Crippen molar-refractivity contribution in [3.05, 3.63) is 47.9 Å². The van der Waals surface area contributed by atoms with Crippen LogP contribution in [0.25, 0.3) is 33.3 Å². The molecule has 0 aliphatic carbocycles. The summed E-state index contributed by atoms with van der Waals surface area (Å²) in [6.07, 6.45) is 1.83. The van der Waals surface area contributed by atoms with Crippen LogP contribution in [0.1, 0.15) is 11.4 Å². The molecular weight excluding hydrogens is 286 g/mol. The van der Waals surface area contributed by atoms with Gasteiger partial charge in [-0.25, -0.2) is 9.97 Å². The topological polar surface area (TPSA) is 60.4 Å². The minimum absolute atomic E-state index is 0.834. The Balaban J connectivity index is 1.63. The monoisotopic (exact) mass is 303 g/mol. The van der Waals surface area contributed by atoms with Crippen molar-refractivity contribution in [3.8, 4) is 11.3 Å². The first-order valence-electron chi connectivity index (χ1n) is 7.92. The molecule has 4 aromatic rings. The van der Waals surface area contributed by atoms with Gasteiger partial charge in [-0.3, -0.25) is 4.90 Å². The standard InChI is InChI=1S/C18H17N5/c1-11-20-17-14(4-5-19-18(17)21-11)16-9-13-8-12(10-23-6-7-23)2-3-15(13)22-16/h2-5,8-9,22H,6-7,10H2,1H3,(H,19,20,21). The fourth-order valence-electron chi connectivity index (χ4n) is 3.16. The van der Waals surface area contributed by atoms with Gasteiger partial charge in [-0.2, -0.15) is 0 Å². The number of imidazole rings is 1. The van der Waals surface area contributed by atoms with E-state index in [9.17, 15) is 0 Å². The number of aryl methyl sites for hydroxylation is 1. The molecule has 5 heteroatoms. The zero-order chi connectivity index (χ0) is 15.4. The van der Waals surface area contributed by atoms with Gasteiger partial charge in [-0.1, -0.05) is 6.07 Å². The van der Waals surface area contributed by atoms with Gasteiger partial charge in [0.05, 0.1) is 0 Å². The number of benzene rings is 1. The number of rotatable bonds is 3. The Labute approximate surface area is 133 Å². The van der Waals surface area contributed by atoms with Crippen LogP contribution in [0.15, 0.2) is 36.5 Å². The number of aromatic nitrogens is 4. The number of pyridine rings is 1. The van der Waals surface area contributed by atoms with Crippen LogP contribution in [0, 0.1) is 6.92 Å². The van der Waals surface area contributed by atoms with Gasteiger partial charge in [0.15, 0.2) is 5.65 Å². The molecule has 114 valence electrons. The number of hydrogen-bond acceptors (Lipinski definition) is 3. The number of nitrogens with one attached hydrogen (secondary N) is 2. The molecule has 0 radical (unpaired) electrons. The second-order valence-electron chi connectivity index (χ2n) is 6.26. The lowest BCUT2D eigenvalue weighted by Gasteiger charge is -2.00. The summed E-state index contributed by atoms with van der Waals surface area (Å²) in [5.41, 5.74) is 6.45. The number of H-pyrrole nitrogens is 2. The summed E-state index contributed by atoms with van der Waals surface area (Å²) >= 11 is 0. The Morgan fingerprint density at radius 3 is 2.91 bits per heavy atom. The average molecular weight is 303 g/mol. The molecule has 5 rings (SSSR count). The molecule has 0 saturated carbocycles. The third-order valence-electron chi connectivity index (χ3n) is 4.42. The van der Waals surface area contributed by atoms with E-state index in [4.69, 9.17) is 0 Å². The third-order valence-corrected chi connectivity index (χ3v) is 4.42. The lowest BCUT2D eigenvalue weighted by molar-refractivity contribution is 0.557. The Hall–Kier alpha value is -2.66. The van der Waals surface area contributed by atoms with Crippen LogP contribution in [0.5, 0.6) is 0 Å². The van der Waals surface area contributed by atoms with Gasteiger partial charge in [-0.15, -0.1) is 0 Å². The van der Waals surface area contributed by atoms with Gasteiger partial charge in [0.25, 0.3) is 0 Å². The van der Waals surface area contributed by atoms with E-state index in [-0.39, 0.29) is 0 Å². The highest BCUT2D eigenvalue weighted by Gasteiger charge is 2.17. The van der Waals surface area contributed by atoms with Gasteiger partial charge >= 0.3 is 0 Å². The van der Waals surface area contributed by atoms with E-state index < -0.39 is 0 Å². The van der Waals surface area contributed by atoms with E-state index in [0.717, 1.165) is 40.3 Å². The van der Waals surface area contributed by atoms with Crippen LogP contribution >= 0.6 is 0 Å². The third kappa shape index (κ3) is 2.21. The maximum absolute atomic E-state index is 4.58. The average Bonchev–Trinajstić information content (AvgIpc) is 3.11. The summed E-state index contributed by atoms with van der Waals surface area (Å²) in [7, 11) is 0. The lowest BCUT2D eigenvalue weighted by Crippen LogP contribution is -1.95. The molecule has 1 fully saturated rings. The van der Waals surface area contributed by atoms with E-state index in [1.807, 2.05) is 19.2 Å². The SMILES string of the molecule is Cc1nc2c(-c3cc4cc(CN5CC5)ccc4[nH]3)ccnc2[nH]1. The number of nitrogens with zero attached hydrogens (tertiary/aromatic N) is 3. The van der Waals surface area contributed by atoms with Gasteiger partial charge in [0.1, 0.15) is 11.3 Å². The van der Waals surface area contributed by atoms with Crippen LogP contribution in [-0.4, -0.2) is 37.9 Å². The number of fused-ring (bicyclic) bond motifs is 2. The number of hydrogen-bond donors (Lipinski definition) is 2. The molecule has 23 heavy (non-hydrogen) atoms. The first-order chi connectivity index (χ1) is 11.3. The molecule has 4 heterocycles. The van der Waals surface area contributed by atoms with Crippen molar-refractivity contribution in [2.45, 2.75) is 13.5 Å². The minimum Gasteiger partial charge on any atom is -0.354 e. The zero-order valence-electron chi connectivity index (χ0n) is 12.9. The summed E-state index contributed by atoms with van der Waals surface area (Å²) in [5, 5.41) is 1.25. The van der Waals surface area contributed by atoms with Crippen molar-refractivity contribution in [2.75, 3.05) is 13.1 Å². The van der Waals surface area contributed by atoms with E-state index in [1.165, 1.54) is 24.0 Å². The fraction of sp³-hybridized carbons (Fsp3) is 0.222. The normalized spacial score (nSPS) is 14.8. The van der Waals surface area contributed by atoms with Gasteiger partial charge < -0.3 is 9.97 Å².